The van der Waals surface area contributed by atoms with Gasteiger partial charge in [-0.2, -0.15) is 5.10 Å². The molecular weight excluding hydrogens is 382 g/mol. The molecule has 1 saturated carbocycles. The molecule has 1 heterocycles. The van der Waals surface area contributed by atoms with Gasteiger partial charge in [0.05, 0.1) is 12.8 Å². The van der Waals surface area contributed by atoms with E-state index < -0.39 is 0 Å². The number of aryl methyl sites for hydroxylation is 1. The highest BCUT2D eigenvalue weighted by Crippen LogP contribution is 2.30. The van der Waals surface area contributed by atoms with Gasteiger partial charge in [0.15, 0.2) is 5.76 Å². The summed E-state index contributed by atoms with van der Waals surface area (Å²) in [5, 5.41) is 7.46. The first-order chi connectivity index (χ1) is 14.6. The number of hydrogen-bond donors (Lipinski definition) is 2. The quantitative estimate of drug-likeness (QED) is 0.736. The topological polar surface area (TPSA) is 92.9 Å². The van der Waals surface area contributed by atoms with Crippen molar-refractivity contribution in [3.63, 3.8) is 0 Å². The normalized spacial score (nSPS) is 17.6. The number of carbonyl (C=O) groups is 2. The van der Waals surface area contributed by atoms with Crippen molar-refractivity contribution in [2.75, 3.05) is 7.11 Å². The molecule has 0 aliphatic heterocycles. The van der Waals surface area contributed by atoms with Gasteiger partial charge < -0.3 is 14.5 Å². The number of nitrogens with zero attached hydrogens (tertiary/aromatic N) is 1. The van der Waals surface area contributed by atoms with Crippen LogP contribution in [0.5, 0.6) is 5.75 Å². The van der Waals surface area contributed by atoms with E-state index >= 15 is 0 Å². The highest BCUT2D eigenvalue weighted by Gasteiger charge is 2.29. The average Bonchev–Trinajstić information content (AvgIpc) is 3.40. The minimum absolute atomic E-state index is 0.157. The minimum atomic E-state index is -0.294. The van der Waals surface area contributed by atoms with E-state index in [-0.39, 0.29) is 17.9 Å². The lowest BCUT2D eigenvalue weighted by Crippen LogP contribution is -2.32. The fraction of sp³-hybridized carbons (Fsp3) is 0.435. The van der Waals surface area contributed by atoms with Crippen LogP contribution in [0.2, 0.25) is 0 Å². The lowest BCUT2D eigenvalue weighted by Gasteiger charge is -2.13. The average molecular weight is 409 g/mol. The van der Waals surface area contributed by atoms with E-state index in [1.807, 2.05) is 6.92 Å². The van der Waals surface area contributed by atoms with Gasteiger partial charge in [0.1, 0.15) is 11.5 Å². The highest BCUT2D eigenvalue weighted by molar-refractivity contribution is 6.07. The number of methoxy groups -OCH3 is 1. The number of hydrazone groups is 1. The number of nitrogens with one attached hydrogen (secondary N) is 2. The summed E-state index contributed by atoms with van der Waals surface area (Å²) >= 11 is 0. The number of hydrogen-bond acceptors (Lipinski definition) is 5. The molecule has 0 saturated heterocycles. The molecule has 0 unspecified atom stereocenters. The lowest BCUT2D eigenvalue weighted by atomic mass is 9.93. The van der Waals surface area contributed by atoms with Crippen LogP contribution in [0, 0.1) is 6.92 Å². The molecule has 0 bridgehead atoms. The van der Waals surface area contributed by atoms with E-state index in [1.54, 1.807) is 31.4 Å². The van der Waals surface area contributed by atoms with Gasteiger partial charge in [0.2, 0.25) is 0 Å². The highest BCUT2D eigenvalue weighted by atomic mass is 16.5. The van der Waals surface area contributed by atoms with Crippen molar-refractivity contribution in [3.8, 4) is 5.75 Å². The Labute approximate surface area is 175 Å². The summed E-state index contributed by atoms with van der Waals surface area (Å²) in [6, 6.07) is 7.08. The number of ether oxygens (including phenoxy) is 1. The van der Waals surface area contributed by atoms with Crippen molar-refractivity contribution < 1.29 is 18.7 Å². The molecule has 158 valence electrons. The molecule has 2 N–H and O–H groups in total. The van der Waals surface area contributed by atoms with E-state index in [9.17, 15) is 9.59 Å². The van der Waals surface area contributed by atoms with E-state index in [2.05, 4.69) is 15.8 Å². The van der Waals surface area contributed by atoms with Crippen LogP contribution in [0.3, 0.4) is 0 Å². The third-order valence-corrected chi connectivity index (χ3v) is 5.87. The van der Waals surface area contributed by atoms with Crippen LogP contribution in [-0.2, 0) is 6.42 Å². The Hall–Kier alpha value is -3.09. The number of benzene rings is 1. The number of rotatable bonds is 5. The van der Waals surface area contributed by atoms with Gasteiger partial charge in [-0.25, -0.2) is 5.43 Å². The Balaban J connectivity index is 1.51. The molecule has 30 heavy (non-hydrogen) atoms. The van der Waals surface area contributed by atoms with Crippen LogP contribution in [0.1, 0.15) is 76.3 Å². The fourth-order valence-corrected chi connectivity index (χ4v) is 4.24. The van der Waals surface area contributed by atoms with E-state index in [4.69, 9.17) is 9.15 Å². The Bertz CT molecular complexity index is 969. The van der Waals surface area contributed by atoms with Crippen LogP contribution < -0.4 is 15.5 Å². The molecule has 2 aromatic rings. The van der Waals surface area contributed by atoms with Gasteiger partial charge in [-0.1, -0.05) is 12.8 Å². The Kier molecular flexibility index (Phi) is 5.88. The molecule has 1 aromatic heterocycles. The number of amides is 2. The zero-order chi connectivity index (χ0) is 21.1. The Morgan fingerprint density at radius 1 is 1.07 bits per heavy atom. The van der Waals surface area contributed by atoms with Gasteiger partial charge in [0, 0.05) is 29.2 Å². The zero-order valence-corrected chi connectivity index (χ0v) is 17.4. The summed E-state index contributed by atoms with van der Waals surface area (Å²) in [6.07, 6.45) is 6.70. The van der Waals surface area contributed by atoms with Gasteiger partial charge in [0.25, 0.3) is 11.8 Å². The molecule has 1 fully saturated rings. The summed E-state index contributed by atoms with van der Waals surface area (Å²) in [5.74, 6) is 1.37. The molecule has 0 spiro atoms. The molecule has 2 aliphatic rings. The first-order valence-corrected chi connectivity index (χ1v) is 10.5. The molecule has 1 aromatic carbocycles. The maximum absolute atomic E-state index is 12.7. The summed E-state index contributed by atoms with van der Waals surface area (Å²) in [4.78, 5) is 25.2. The van der Waals surface area contributed by atoms with Crippen molar-refractivity contribution in [1.82, 2.24) is 10.7 Å². The Morgan fingerprint density at radius 2 is 1.80 bits per heavy atom. The van der Waals surface area contributed by atoms with Crippen molar-refractivity contribution in [1.29, 1.82) is 0 Å². The predicted molar refractivity (Wildman–Crippen MR) is 113 cm³/mol. The number of fused-ring (bicyclic) bond motifs is 1. The number of furan rings is 1. The second-order valence-electron chi connectivity index (χ2n) is 7.89. The standard InChI is InChI=1S/C23H27N3O4/c1-14-20-18(25-26-22(27)15-10-12-17(29-2)13-11-15)8-5-9-19(20)30-21(14)23(28)24-16-6-3-4-7-16/h10-13,16H,3-9H2,1-2H3,(H,24,28)(H,26,27)/b25-18+. The summed E-state index contributed by atoms with van der Waals surface area (Å²) in [6.45, 7) is 1.89. The maximum Gasteiger partial charge on any atom is 0.287 e. The van der Waals surface area contributed by atoms with E-state index in [0.717, 1.165) is 67.5 Å². The molecule has 7 nitrogen and oxygen atoms in total. The van der Waals surface area contributed by atoms with Crippen LogP contribution in [-0.4, -0.2) is 30.7 Å². The van der Waals surface area contributed by atoms with Crippen LogP contribution in [0.15, 0.2) is 33.8 Å². The van der Waals surface area contributed by atoms with E-state index in [0.29, 0.717) is 17.1 Å². The lowest BCUT2D eigenvalue weighted by molar-refractivity contribution is 0.0906. The molecule has 2 amide bonds. The molecule has 0 radical (unpaired) electrons. The first kappa shape index (κ1) is 20.2. The number of carbonyl (C=O) groups excluding carboxylic acids is 2. The molecule has 7 heteroatoms. The van der Waals surface area contributed by atoms with Crippen LogP contribution >= 0.6 is 0 Å². The van der Waals surface area contributed by atoms with Gasteiger partial charge in [-0.05, 0) is 56.9 Å². The predicted octanol–water partition coefficient (Wildman–Crippen LogP) is 3.74. The smallest absolute Gasteiger partial charge is 0.287 e. The second-order valence-corrected chi connectivity index (χ2v) is 7.89. The third-order valence-electron chi connectivity index (χ3n) is 5.87. The zero-order valence-electron chi connectivity index (χ0n) is 17.4. The van der Waals surface area contributed by atoms with E-state index in [1.165, 1.54) is 0 Å². The molecular formula is C23H27N3O4. The Morgan fingerprint density at radius 3 is 2.50 bits per heavy atom. The maximum atomic E-state index is 12.7. The minimum Gasteiger partial charge on any atom is -0.497 e. The van der Waals surface area contributed by atoms with Crippen molar-refractivity contribution in [3.05, 3.63) is 52.5 Å². The molecule has 4 rings (SSSR count). The first-order valence-electron chi connectivity index (χ1n) is 10.5. The molecule has 2 aliphatic carbocycles. The van der Waals surface area contributed by atoms with Crippen molar-refractivity contribution in [2.45, 2.75) is 57.9 Å². The second kappa shape index (κ2) is 8.73. The SMILES string of the molecule is COc1ccc(C(=O)N/N=C2\CCCc3oc(C(=O)NC4CCCC4)c(C)c32)cc1. The van der Waals surface area contributed by atoms with Gasteiger partial charge >= 0.3 is 0 Å². The largest absolute Gasteiger partial charge is 0.497 e. The van der Waals surface area contributed by atoms with Crippen LogP contribution in [0.25, 0.3) is 0 Å². The van der Waals surface area contributed by atoms with Gasteiger partial charge in [-0.3, -0.25) is 9.59 Å². The summed E-state index contributed by atoms with van der Waals surface area (Å²) < 4.78 is 11.1. The van der Waals surface area contributed by atoms with Gasteiger partial charge in [-0.15, -0.1) is 0 Å². The van der Waals surface area contributed by atoms with Crippen molar-refractivity contribution in [2.24, 2.45) is 5.10 Å². The van der Waals surface area contributed by atoms with Crippen molar-refractivity contribution >= 4 is 17.5 Å². The fourth-order valence-electron chi connectivity index (χ4n) is 4.24. The third kappa shape index (κ3) is 4.10. The summed E-state index contributed by atoms with van der Waals surface area (Å²) in [7, 11) is 1.58. The summed E-state index contributed by atoms with van der Waals surface area (Å²) in [5.41, 5.74) is 5.53. The monoisotopic (exact) mass is 409 g/mol. The van der Waals surface area contributed by atoms with Crippen LogP contribution in [0.4, 0.5) is 0 Å². The molecule has 0 atom stereocenters.